The molecule has 0 radical (unpaired) electrons. The van der Waals surface area contributed by atoms with Gasteiger partial charge in [0.1, 0.15) is 11.6 Å². The molecule has 0 unspecified atom stereocenters. The van der Waals surface area contributed by atoms with Crippen LogP contribution in [0.15, 0.2) is 22.7 Å². The van der Waals surface area contributed by atoms with Crippen molar-refractivity contribution in [3.8, 4) is 0 Å². The lowest BCUT2D eigenvalue weighted by atomic mass is 10.2. The summed E-state index contributed by atoms with van der Waals surface area (Å²) in [7, 11) is 0. The van der Waals surface area contributed by atoms with Gasteiger partial charge in [-0.2, -0.15) is 0 Å². The van der Waals surface area contributed by atoms with Crippen LogP contribution in [0, 0.1) is 5.82 Å². The predicted octanol–water partition coefficient (Wildman–Crippen LogP) is 4.60. The summed E-state index contributed by atoms with van der Waals surface area (Å²) in [6, 6.07) is 4.65. The molecule has 0 amide bonds. The van der Waals surface area contributed by atoms with Gasteiger partial charge in [0.05, 0.1) is 5.69 Å². The molecule has 0 aliphatic carbocycles. The van der Waals surface area contributed by atoms with Crippen LogP contribution in [-0.2, 0) is 19.5 Å². The van der Waals surface area contributed by atoms with Crippen LogP contribution in [-0.4, -0.2) is 9.97 Å². The Morgan fingerprint density at radius 2 is 2.19 bits per heavy atom. The Morgan fingerprint density at radius 1 is 1.38 bits per heavy atom. The highest BCUT2D eigenvalue weighted by atomic mass is 79.9. The zero-order valence-electron chi connectivity index (χ0n) is 11.8. The molecular weight excluding hydrogens is 357 g/mol. The van der Waals surface area contributed by atoms with E-state index >= 15 is 0 Å². The molecule has 21 heavy (non-hydrogen) atoms. The Bertz CT molecular complexity index is 601. The van der Waals surface area contributed by atoms with Gasteiger partial charge in [-0.15, -0.1) is 0 Å². The number of H-pyrrole nitrogens is 1. The first-order valence-corrected chi connectivity index (χ1v) is 8.15. The fraction of sp³-hybridized carbons (Fsp3) is 0.400. The summed E-state index contributed by atoms with van der Waals surface area (Å²) in [6.45, 7) is 3.27. The number of nitrogens with zero attached hydrogens (tertiary/aromatic N) is 1. The number of aromatic nitrogens is 2. The Labute approximate surface area is 137 Å². The minimum Gasteiger partial charge on any atom is -0.344 e. The zero-order valence-corrected chi connectivity index (χ0v) is 14.2. The second-order valence-corrected chi connectivity index (χ2v) is 6.11. The average molecular weight is 375 g/mol. The van der Waals surface area contributed by atoms with Crippen LogP contribution in [0.3, 0.4) is 0 Å². The highest BCUT2D eigenvalue weighted by Crippen LogP contribution is 2.18. The van der Waals surface area contributed by atoms with Crippen LogP contribution in [0.2, 0.25) is 5.15 Å². The molecule has 2 N–H and O–H groups in total. The highest BCUT2D eigenvalue weighted by Gasteiger charge is 2.08. The lowest BCUT2D eigenvalue weighted by Gasteiger charge is -2.06. The maximum atomic E-state index is 13.2. The summed E-state index contributed by atoms with van der Waals surface area (Å²) in [5, 5.41) is 3.75. The third-order valence-corrected chi connectivity index (χ3v) is 4.26. The van der Waals surface area contributed by atoms with Gasteiger partial charge in [0.25, 0.3) is 0 Å². The molecule has 1 aromatic heterocycles. The van der Waals surface area contributed by atoms with Crippen LogP contribution in [0.1, 0.15) is 36.8 Å². The molecule has 0 spiro atoms. The van der Waals surface area contributed by atoms with Crippen LogP contribution >= 0.6 is 27.5 Å². The Balaban J connectivity index is 1.91. The van der Waals surface area contributed by atoms with Gasteiger partial charge in [0.2, 0.25) is 0 Å². The summed E-state index contributed by atoms with van der Waals surface area (Å²) in [5.41, 5.74) is 1.74. The average Bonchev–Trinajstić information content (AvgIpc) is 2.81. The number of benzene rings is 1. The van der Waals surface area contributed by atoms with Crippen LogP contribution in [0.4, 0.5) is 4.39 Å². The SMILES string of the molecule is CCCCc1nc(Cl)c(CNCc2cc(F)ccc2Br)[nH]1. The fourth-order valence-corrected chi connectivity index (χ4v) is 2.62. The second-order valence-electron chi connectivity index (χ2n) is 4.90. The molecule has 0 atom stereocenters. The van der Waals surface area contributed by atoms with E-state index in [4.69, 9.17) is 11.6 Å². The Morgan fingerprint density at radius 3 is 2.95 bits per heavy atom. The minimum atomic E-state index is -0.239. The first-order valence-electron chi connectivity index (χ1n) is 6.98. The van der Waals surface area contributed by atoms with Gasteiger partial charge in [-0.3, -0.25) is 0 Å². The van der Waals surface area contributed by atoms with Crippen LogP contribution in [0.5, 0.6) is 0 Å². The molecule has 0 bridgehead atoms. The smallest absolute Gasteiger partial charge is 0.151 e. The lowest BCUT2D eigenvalue weighted by Crippen LogP contribution is -2.14. The molecule has 3 nitrogen and oxygen atoms in total. The highest BCUT2D eigenvalue weighted by molar-refractivity contribution is 9.10. The molecule has 0 aliphatic heterocycles. The van der Waals surface area contributed by atoms with Gasteiger partial charge in [-0.05, 0) is 30.2 Å². The number of imidazole rings is 1. The maximum absolute atomic E-state index is 13.2. The summed E-state index contributed by atoms with van der Waals surface area (Å²) in [5.74, 6) is 0.682. The Kier molecular flexibility index (Phi) is 6.21. The number of aromatic amines is 1. The molecule has 2 rings (SSSR count). The zero-order chi connectivity index (χ0) is 15.2. The number of hydrogen-bond acceptors (Lipinski definition) is 2. The number of rotatable bonds is 7. The summed E-state index contributed by atoms with van der Waals surface area (Å²) >= 11 is 9.52. The first-order chi connectivity index (χ1) is 10.1. The van der Waals surface area contributed by atoms with Crippen molar-refractivity contribution in [1.82, 2.24) is 15.3 Å². The van der Waals surface area contributed by atoms with Crippen molar-refractivity contribution in [3.05, 3.63) is 50.7 Å². The van der Waals surface area contributed by atoms with Crippen molar-refractivity contribution in [1.29, 1.82) is 0 Å². The molecule has 2 aromatic rings. The van der Waals surface area contributed by atoms with E-state index in [0.29, 0.717) is 18.2 Å². The second kappa shape index (κ2) is 7.92. The third-order valence-electron chi connectivity index (χ3n) is 3.17. The molecule has 0 fully saturated rings. The van der Waals surface area contributed by atoms with Crippen molar-refractivity contribution in [2.45, 2.75) is 39.3 Å². The fourth-order valence-electron chi connectivity index (χ4n) is 2.02. The molecular formula is C15H18BrClFN3. The largest absolute Gasteiger partial charge is 0.344 e. The van der Waals surface area contributed by atoms with Gasteiger partial charge >= 0.3 is 0 Å². The van der Waals surface area contributed by atoms with E-state index in [-0.39, 0.29) is 5.82 Å². The molecule has 0 saturated carbocycles. The van der Waals surface area contributed by atoms with E-state index in [2.05, 4.69) is 38.1 Å². The summed E-state index contributed by atoms with van der Waals surface area (Å²) < 4.78 is 14.1. The number of nitrogens with one attached hydrogen (secondary N) is 2. The van der Waals surface area contributed by atoms with Gasteiger partial charge in [-0.1, -0.05) is 40.9 Å². The summed E-state index contributed by atoms with van der Waals surface area (Å²) in [6.07, 6.45) is 3.12. The number of unbranched alkanes of at least 4 members (excludes halogenated alkanes) is 1. The van der Waals surface area contributed by atoms with E-state index in [1.54, 1.807) is 6.07 Å². The molecule has 0 aliphatic rings. The number of aryl methyl sites for hydroxylation is 1. The third kappa shape index (κ3) is 4.80. The van der Waals surface area contributed by atoms with E-state index in [9.17, 15) is 4.39 Å². The molecule has 114 valence electrons. The van der Waals surface area contributed by atoms with Gasteiger partial charge in [-0.25, -0.2) is 9.37 Å². The summed E-state index contributed by atoms with van der Waals surface area (Å²) in [4.78, 5) is 7.54. The maximum Gasteiger partial charge on any atom is 0.151 e. The first kappa shape index (κ1) is 16.5. The van der Waals surface area contributed by atoms with Gasteiger partial charge in [0, 0.05) is 24.0 Å². The van der Waals surface area contributed by atoms with Crippen molar-refractivity contribution >= 4 is 27.5 Å². The lowest BCUT2D eigenvalue weighted by molar-refractivity contribution is 0.618. The Hall–Kier alpha value is -0.910. The minimum absolute atomic E-state index is 0.239. The standard InChI is InChI=1S/C15H18BrClFN3/c1-2-3-4-14-20-13(15(17)21-14)9-19-8-10-7-11(18)5-6-12(10)16/h5-7,19H,2-4,8-9H2,1H3,(H,20,21). The number of hydrogen-bond donors (Lipinski definition) is 2. The predicted molar refractivity (Wildman–Crippen MR) is 86.9 cm³/mol. The monoisotopic (exact) mass is 373 g/mol. The molecule has 1 aromatic carbocycles. The van der Waals surface area contributed by atoms with E-state index < -0.39 is 0 Å². The topological polar surface area (TPSA) is 40.7 Å². The van der Waals surface area contributed by atoms with Gasteiger partial charge < -0.3 is 10.3 Å². The van der Waals surface area contributed by atoms with Crippen LogP contribution in [0.25, 0.3) is 0 Å². The van der Waals surface area contributed by atoms with E-state index in [1.807, 2.05) is 0 Å². The normalized spacial score (nSPS) is 11.0. The number of halogens is 3. The van der Waals surface area contributed by atoms with Crippen molar-refractivity contribution in [2.75, 3.05) is 0 Å². The van der Waals surface area contributed by atoms with Crippen molar-refractivity contribution in [2.24, 2.45) is 0 Å². The molecule has 1 heterocycles. The van der Waals surface area contributed by atoms with E-state index in [1.165, 1.54) is 12.1 Å². The van der Waals surface area contributed by atoms with E-state index in [0.717, 1.165) is 40.8 Å². The van der Waals surface area contributed by atoms with Crippen molar-refractivity contribution in [3.63, 3.8) is 0 Å². The van der Waals surface area contributed by atoms with Gasteiger partial charge in [0.15, 0.2) is 5.15 Å². The van der Waals surface area contributed by atoms with Crippen LogP contribution < -0.4 is 5.32 Å². The van der Waals surface area contributed by atoms with Crippen molar-refractivity contribution < 1.29 is 4.39 Å². The molecule has 6 heteroatoms. The quantitative estimate of drug-likeness (QED) is 0.744. The molecule has 0 saturated heterocycles.